The molecule has 37 heavy (non-hydrogen) atoms. The van der Waals surface area contributed by atoms with E-state index in [1.807, 2.05) is 12.1 Å². The predicted octanol–water partition coefficient (Wildman–Crippen LogP) is 8.98. The van der Waals surface area contributed by atoms with Crippen molar-refractivity contribution < 1.29 is 13.7 Å². The van der Waals surface area contributed by atoms with E-state index in [4.69, 9.17) is 4.74 Å². The summed E-state index contributed by atoms with van der Waals surface area (Å²) >= 11 is 0. The van der Waals surface area contributed by atoms with Gasteiger partial charge in [-0.15, -0.1) is 0 Å². The second kappa shape index (κ2) is 8.28. The van der Waals surface area contributed by atoms with Gasteiger partial charge in [0.1, 0.15) is 24.4 Å². The Hall–Kier alpha value is -3.46. The van der Waals surface area contributed by atoms with E-state index in [1.165, 1.54) is 33.5 Å². The minimum atomic E-state index is -0.220. The molecule has 5 aromatic rings. The number of halogens is 1. The minimum absolute atomic E-state index is 0.0693. The Morgan fingerprint density at radius 3 is 2.43 bits per heavy atom. The second-order valence-corrected chi connectivity index (χ2v) is 12.4. The van der Waals surface area contributed by atoms with Crippen molar-refractivity contribution in [1.29, 1.82) is 0 Å². The number of nitrogens with zero attached hydrogens (tertiary/aromatic N) is 1. The molecule has 0 unspecified atom stereocenters. The summed E-state index contributed by atoms with van der Waals surface area (Å²) < 4.78 is 24.0. The van der Waals surface area contributed by atoms with Gasteiger partial charge in [0.15, 0.2) is 6.20 Å². The molecule has 0 amide bonds. The van der Waals surface area contributed by atoms with Gasteiger partial charge in [0.25, 0.3) is 0 Å². The molecule has 0 bridgehead atoms. The molecule has 2 nitrogen and oxygen atoms in total. The number of aryl methyl sites for hydroxylation is 2. The zero-order valence-corrected chi connectivity index (χ0v) is 22.9. The molecule has 0 aliphatic carbocycles. The smallest absolute Gasteiger partial charge is 0.228 e. The Kier molecular flexibility index (Phi) is 5.35. The summed E-state index contributed by atoms with van der Waals surface area (Å²) in [7, 11) is 2.10. The van der Waals surface area contributed by atoms with Crippen molar-refractivity contribution in [3.63, 3.8) is 0 Å². The Labute approximate surface area is 218 Å². The Morgan fingerprint density at radius 2 is 1.70 bits per heavy atom. The zero-order valence-electron chi connectivity index (χ0n) is 22.9. The predicted molar refractivity (Wildman–Crippen MR) is 152 cm³/mol. The Morgan fingerprint density at radius 1 is 0.919 bits per heavy atom. The van der Waals surface area contributed by atoms with Crippen molar-refractivity contribution >= 4 is 32.3 Å². The van der Waals surface area contributed by atoms with E-state index in [0.717, 1.165) is 51.8 Å². The summed E-state index contributed by atoms with van der Waals surface area (Å²) in [6.07, 6.45) is 4.04. The van der Waals surface area contributed by atoms with Gasteiger partial charge in [0.2, 0.25) is 5.69 Å². The van der Waals surface area contributed by atoms with E-state index in [1.54, 1.807) is 6.07 Å². The molecule has 1 aliphatic heterocycles. The molecule has 1 aromatic heterocycles. The first kappa shape index (κ1) is 23.9. The maximum atomic E-state index is 15.0. The maximum absolute atomic E-state index is 15.0. The number of pyridine rings is 1. The molecule has 4 aromatic carbocycles. The summed E-state index contributed by atoms with van der Waals surface area (Å²) in [6.45, 7) is 13.6. The van der Waals surface area contributed by atoms with Crippen LogP contribution >= 0.6 is 0 Å². The fourth-order valence-corrected chi connectivity index (χ4v) is 6.18. The van der Waals surface area contributed by atoms with E-state index in [-0.39, 0.29) is 11.2 Å². The third-order valence-corrected chi connectivity index (χ3v) is 7.68. The highest BCUT2D eigenvalue weighted by atomic mass is 19.1. The van der Waals surface area contributed by atoms with Crippen molar-refractivity contribution in [1.82, 2.24) is 0 Å². The Balaban J connectivity index is 1.77. The lowest BCUT2D eigenvalue weighted by Crippen LogP contribution is -2.32. The van der Waals surface area contributed by atoms with Crippen LogP contribution in [0.3, 0.4) is 0 Å². The third kappa shape index (κ3) is 3.79. The van der Waals surface area contributed by atoms with Gasteiger partial charge >= 0.3 is 0 Å². The lowest BCUT2D eigenvalue weighted by molar-refractivity contribution is -0.659. The SMILES string of the molecule is Cc1c2c(c(CC(C)(C)C)c3ccc(CC(C)C)cc13)Oc1cc3c(F)cccc3c3cc[n+](C)c-2c13. The summed E-state index contributed by atoms with van der Waals surface area (Å²) in [5, 5.41) is 6.15. The normalized spacial score (nSPS) is 13.0. The van der Waals surface area contributed by atoms with Gasteiger partial charge < -0.3 is 4.74 Å². The lowest BCUT2D eigenvalue weighted by Gasteiger charge is -2.28. The molecule has 0 saturated carbocycles. The van der Waals surface area contributed by atoms with Crippen molar-refractivity contribution in [3.8, 4) is 22.8 Å². The second-order valence-electron chi connectivity index (χ2n) is 12.4. The summed E-state index contributed by atoms with van der Waals surface area (Å²) in [5.41, 5.74) is 6.21. The quantitative estimate of drug-likeness (QED) is 0.177. The molecule has 6 rings (SSSR count). The number of ether oxygens (including phenoxy) is 1. The van der Waals surface area contributed by atoms with Gasteiger partial charge in [-0.3, -0.25) is 0 Å². The van der Waals surface area contributed by atoms with Crippen LogP contribution in [0.15, 0.2) is 54.7 Å². The molecule has 0 atom stereocenters. The van der Waals surface area contributed by atoms with E-state index in [9.17, 15) is 4.39 Å². The number of rotatable bonds is 3. The fourth-order valence-electron chi connectivity index (χ4n) is 6.18. The first-order valence-electron chi connectivity index (χ1n) is 13.3. The molecule has 188 valence electrons. The third-order valence-electron chi connectivity index (χ3n) is 7.68. The molecule has 0 N–H and O–H groups in total. The van der Waals surface area contributed by atoms with Crippen LogP contribution in [0.1, 0.15) is 51.3 Å². The van der Waals surface area contributed by atoms with Crippen molar-refractivity contribution in [2.45, 2.75) is 54.4 Å². The highest BCUT2D eigenvalue weighted by Crippen LogP contribution is 2.53. The van der Waals surface area contributed by atoms with Crippen LogP contribution in [0.25, 0.3) is 43.6 Å². The molecule has 0 radical (unpaired) electrons. The summed E-state index contributed by atoms with van der Waals surface area (Å²) in [4.78, 5) is 0. The number of hydrogen-bond acceptors (Lipinski definition) is 1. The molecule has 0 fully saturated rings. The monoisotopic (exact) mass is 492 g/mol. The van der Waals surface area contributed by atoms with Crippen LogP contribution in [0.5, 0.6) is 11.5 Å². The van der Waals surface area contributed by atoms with E-state index in [0.29, 0.717) is 11.3 Å². The van der Waals surface area contributed by atoms with Gasteiger partial charge in [0.05, 0.1) is 10.9 Å². The Bertz CT molecular complexity index is 1740. The van der Waals surface area contributed by atoms with Crippen LogP contribution in [0.4, 0.5) is 4.39 Å². The van der Waals surface area contributed by atoms with Gasteiger partial charge in [-0.1, -0.05) is 65.0 Å². The fraction of sp³-hybridized carbons (Fsp3) is 0.324. The number of fused-ring (bicyclic) bond motifs is 5. The first-order valence-corrected chi connectivity index (χ1v) is 13.3. The van der Waals surface area contributed by atoms with Crippen LogP contribution in [0, 0.1) is 24.1 Å². The molecule has 0 saturated heterocycles. The summed E-state index contributed by atoms with van der Waals surface area (Å²) in [5.74, 6) is 2.03. The van der Waals surface area contributed by atoms with Gasteiger partial charge in [-0.2, -0.15) is 0 Å². The van der Waals surface area contributed by atoms with Crippen LogP contribution in [-0.2, 0) is 19.9 Å². The van der Waals surface area contributed by atoms with Crippen molar-refractivity contribution in [3.05, 3.63) is 77.2 Å². The topological polar surface area (TPSA) is 13.1 Å². The van der Waals surface area contributed by atoms with Crippen molar-refractivity contribution in [2.75, 3.05) is 0 Å². The van der Waals surface area contributed by atoms with Gasteiger partial charge in [-0.25, -0.2) is 8.96 Å². The average molecular weight is 493 g/mol. The first-order chi connectivity index (χ1) is 17.5. The van der Waals surface area contributed by atoms with E-state index >= 15 is 0 Å². The standard InChI is InChI=1S/C34H35FNO/c1-19(2)15-21-11-12-23-25(16-21)20(3)30-32-31-24(13-14-36(32)7)22-9-8-10-28(35)26(22)17-29(31)37-33(30)27(23)18-34(4,5)6/h8-14,16-17,19H,15,18H2,1-7H3/q+1. The lowest BCUT2D eigenvalue weighted by atomic mass is 9.81. The highest BCUT2D eigenvalue weighted by Gasteiger charge is 2.34. The number of benzene rings is 4. The molecule has 1 aliphatic rings. The molecule has 3 heteroatoms. The van der Waals surface area contributed by atoms with Crippen molar-refractivity contribution in [2.24, 2.45) is 18.4 Å². The largest absolute Gasteiger partial charge is 0.455 e. The molecule has 0 spiro atoms. The number of aromatic nitrogens is 1. The van der Waals surface area contributed by atoms with Crippen LogP contribution < -0.4 is 9.30 Å². The average Bonchev–Trinajstić information content (AvgIpc) is 2.82. The van der Waals surface area contributed by atoms with E-state index < -0.39 is 0 Å². The van der Waals surface area contributed by atoms with Crippen LogP contribution in [-0.4, -0.2) is 0 Å². The van der Waals surface area contributed by atoms with Crippen LogP contribution in [0.2, 0.25) is 0 Å². The molecular weight excluding hydrogens is 457 g/mol. The minimum Gasteiger partial charge on any atom is -0.455 e. The van der Waals surface area contributed by atoms with Gasteiger partial charge in [0, 0.05) is 22.4 Å². The highest BCUT2D eigenvalue weighted by molar-refractivity contribution is 6.16. The maximum Gasteiger partial charge on any atom is 0.228 e. The summed E-state index contributed by atoms with van der Waals surface area (Å²) in [6, 6.07) is 16.3. The number of hydrogen-bond donors (Lipinski definition) is 0. The van der Waals surface area contributed by atoms with Gasteiger partial charge in [-0.05, 0) is 70.5 Å². The van der Waals surface area contributed by atoms with E-state index in [2.05, 4.69) is 83.6 Å². The zero-order chi connectivity index (χ0) is 26.2. The molecular formula is C34H35FNO+. The molecule has 2 heterocycles.